The van der Waals surface area contributed by atoms with E-state index in [0.717, 1.165) is 34.9 Å². The van der Waals surface area contributed by atoms with Gasteiger partial charge in [-0.25, -0.2) is 4.39 Å². The highest BCUT2D eigenvalue weighted by atomic mass is 35.5. The summed E-state index contributed by atoms with van der Waals surface area (Å²) in [4.78, 5) is 17.0. The molecule has 1 heterocycles. The van der Waals surface area contributed by atoms with Crippen LogP contribution in [0, 0.1) is 18.7 Å². The van der Waals surface area contributed by atoms with Crippen LogP contribution in [0.5, 0.6) is 5.75 Å². The monoisotopic (exact) mass is 398 g/mol. The van der Waals surface area contributed by atoms with E-state index in [2.05, 4.69) is 10.3 Å². The van der Waals surface area contributed by atoms with Crippen LogP contribution >= 0.6 is 11.6 Å². The molecule has 0 unspecified atom stereocenters. The number of carbonyl (C=O) groups excluding carboxylic acids is 1. The van der Waals surface area contributed by atoms with Crippen molar-refractivity contribution in [3.8, 4) is 5.75 Å². The van der Waals surface area contributed by atoms with Crippen LogP contribution < -0.4 is 10.1 Å². The van der Waals surface area contributed by atoms with Gasteiger partial charge in [0.05, 0.1) is 17.7 Å². The molecule has 2 aromatic carbocycles. The molecule has 0 bridgehead atoms. The van der Waals surface area contributed by atoms with Gasteiger partial charge in [-0.15, -0.1) is 11.6 Å². The summed E-state index contributed by atoms with van der Waals surface area (Å²) in [6, 6.07) is 9.97. The Morgan fingerprint density at radius 1 is 1.29 bits per heavy atom. The predicted molar refractivity (Wildman–Crippen MR) is 109 cm³/mol. The van der Waals surface area contributed by atoms with Crippen molar-refractivity contribution in [3.63, 3.8) is 0 Å². The van der Waals surface area contributed by atoms with E-state index < -0.39 is 11.7 Å². The lowest BCUT2D eigenvalue weighted by atomic mass is 10.1. The molecule has 1 N–H and O–H groups in total. The Labute approximate surface area is 167 Å². The van der Waals surface area contributed by atoms with Crippen molar-refractivity contribution in [2.45, 2.75) is 25.6 Å². The van der Waals surface area contributed by atoms with E-state index in [1.807, 2.05) is 19.1 Å². The number of hydrogen-bond acceptors (Lipinski definition) is 3. The zero-order chi connectivity index (χ0) is 19.7. The van der Waals surface area contributed by atoms with E-state index in [-0.39, 0.29) is 5.56 Å². The molecule has 0 saturated heterocycles. The molecule has 0 atom stereocenters. The Hall–Kier alpha value is -2.66. The number of nitrogens with zero attached hydrogens (tertiary/aromatic N) is 1. The Morgan fingerprint density at radius 3 is 2.82 bits per heavy atom. The molecule has 3 aromatic rings. The standard InChI is InChI=1S/C22H20ClFN2O2/c1-13-20(7-4-16-8-15(10-23)11-25-21(13)16)26-22(27)18-6-5-17(9-19(18)24)28-12-14-2-3-14/h4-9,11,14H,2-3,10,12H2,1H3,(H,26,27). The summed E-state index contributed by atoms with van der Waals surface area (Å²) in [5.74, 6) is 0.304. The van der Waals surface area contributed by atoms with E-state index in [9.17, 15) is 9.18 Å². The Morgan fingerprint density at radius 2 is 2.11 bits per heavy atom. The van der Waals surface area contributed by atoms with Crippen LogP contribution in [0.25, 0.3) is 10.9 Å². The number of ether oxygens (including phenoxy) is 1. The fourth-order valence-electron chi connectivity index (χ4n) is 3.06. The van der Waals surface area contributed by atoms with Gasteiger partial charge in [0.2, 0.25) is 0 Å². The van der Waals surface area contributed by atoms with Crippen LogP contribution in [0.1, 0.15) is 34.3 Å². The van der Waals surface area contributed by atoms with Crippen molar-refractivity contribution in [3.05, 3.63) is 65.1 Å². The molecule has 0 radical (unpaired) electrons. The Balaban J connectivity index is 1.53. The minimum atomic E-state index is -0.603. The maximum atomic E-state index is 14.4. The lowest BCUT2D eigenvalue weighted by molar-refractivity contribution is 0.102. The summed E-state index contributed by atoms with van der Waals surface area (Å²) < 4.78 is 20.0. The summed E-state index contributed by atoms with van der Waals surface area (Å²) in [5, 5.41) is 3.72. The number of nitrogens with one attached hydrogen (secondary N) is 1. The molecule has 1 saturated carbocycles. The van der Waals surface area contributed by atoms with Crippen molar-refractivity contribution in [1.29, 1.82) is 0 Å². The highest BCUT2D eigenvalue weighted by molar-refractivity contribution is 6.17. The second kappa shape index (κ2) is 7.76. The minimum Gasteiger partial charge on any atom is -0.493 e. The zero-order valence-corrected chi connectivity index (χ0v) is 16.2. The predicted octanol–water partition coefficient (Wildman–Crippen LogP) is 5.46. The third kappa shape index (κ3) is 3.94. The Bertz CT molecular complexity index is 1050. The van der Waals surface area contributed by atoms with Crippen molar-refractivity contribution in [2.75, 3.05) is 11.9 Å². The molecule has 28 heavy (non-hydrogen) atoms. The van der Waals surface area contributed by atoms with Crippen molar-refractivity contribution in [2.24, 2.45) is 5.92 Å². The summed E-state index contributed by atoms with van der Waals surface area (Å²) in [6.07, 6.45) is 4.04. The van der Waals surface area contributed by atoms with Gasteiger partial charge in [0, 0.05) is 29.2 Å². The molecule has 1 aliphatic rings. The molecule has 4 nitrogen and oxygen atoms in total. The average molecular weight is 399 g/mol. The van der Waals surface area contributed by atoms with Crippen LogP contribution in [0.15, 0.2) is 42.6 Å². The van der Waals surface area contributed by atoms with Gasteiger partial charge in [0.1, 0.15) is 11.6 Å². The fourth-order valence-corrected chi connectivity index (χ4v) is 3.21. The number of anilines is 1. The maximum absolute atomic E-state index is 14.4. The number of fused-ring (bicyclic) bond motifs is 1. The van der Waals surface area contributed by atoms with Crippen molar-refractivity contribution >= 4 is 34.1 Å². The molecular weight excluding hydrogens is 379 g/mol. The first-order valence-electron chi connectivity index (χ1n) is 9.23. The molecule has 4 rings (SSSR count). The number of benzene rings is 2. The Kier molecular flexibility index (Phi) is 5.18. The average Bonchev–Trinajstić information content (AvgIpc) is 3.52. The molecule has 0 aliphatic heterocycles. The number of aromatic nitrogens is 1. The second-order valence-corrected chi connectivity index (χ2v) is 7.40. The number of alkyl halides is 1. The summed E-state index contributed by atoms with van der Waals surface area (Å²) in [5.41, 5.74) is 3.09. The quantitative estimate of drug-likeness (QED) is 0.561. The van der Waals surface area contributed by atoms with E-state index in [4.69, 9.17) is 16.3 Å². The number of hydrogen-bond donors (Lipinski definition) is 1. The summed E-state index contributed by atoms with van der Waals surface area (Å²) in [7, 11) is 0. The van der Waals surface area contributed by atoms with Gasteiger partial charge in [-0.05, 0) is 61.1 Å². The number of carbonyl (C=O) groups is 1. The van der Waals surface area contributed by atoms with Gasteiger partial charge in [-0.2, -0.15) is 0 Å². The van der Waals surface area contributed by atoms with Crippen LogP contribution in [-0.2, 0) is 5.88 Å². The molecule has 1 aliphatic carbocycles. The van der Waals surface area contributed by atoms with E-state index in [1.54, 1.807) is 18.3 Å². The molecule has 1 amide bonds. The van der Waals surface area contributed by atoms with E-state index >= 15 is 0 Å². The normalized spacial score (nSPS) is 13.5. The second-order valence-electron chi connectivity index (χ2n) is 7.14. The molecular formula is C22H20ClFN2O2. The van der Waals surface area contributed by atoms with Gasteiger partial charge in [-0.1, -0.05) is 6.07 Å². The van der Waals surface area contributed by atoms with Crippen LogP contribution in [0.4, 0.5) is 10.1 Å². The molecule has 6 heteroatoms. The summed E-state index contributed by atoms with van der Waals surface area (Å²) >= 11 is 5.86. The largest absolute Gasteiger partial charge is 0.493 e. The van der Waals surface area contributed by atoms with Gasteiger partial charge >= 0.3 is 0 Å². The first-order chi connectivity index (χ1) is 13.5. The van der Waals surface area contributed by atoms with Crippen molar-refractivity contribution < 1.29 is 13.9 Å². The van der Waals surface area contributed by atoms with Gasteiger partial charge in [0.15, 0.2) is 0 Å². The lowest BCUT2D eigenvalue weighted by Gasteiger charge is -2.12. The molecule has 1 fully saturated rings. The van der Waals surface area contributed by atoms with E-state index in [1.165, 1.54) is 12.1 Å². The SMILES string of the molecule is Cc1c(NC(=O)c2ccc(OCC3CC3)cc2F)ccc2cc(CCl)cnc12. The third-order valence-corrected chi connectivity index (χ3v) is 5.24. The van der Waals surface area contributed by atoms with Crippen LogP contribution in [-0.4, -0.2) is 17.5 Å². The van der Waals surface area contributed by atoms with Gasteiger partial charge in [0.25, 0.3) is 5.91 Å². The maximum Gasteiger partial charge on any atom is 0.258 e. The number of rotatable bonds is 6. The lowest BCUT2D eigenvalue weighted by Crippen LogP contribution is -2.15. The van der Waals surface area contributed by atoms with Gasteiger partial charge < -0.3 is 10.1 Å². The third-order valence-electron chi connectivity index (χ3n) is 4.93. The fraction of sp³-hybridized carbons (Fsp3) is 0.273. The minimum absolute atomic E-state index is 0.0243. The van der Waals surface area contributed by atoms with E-state index in [0.29, 0.717) is 29.8 Å². The first-order valence-corrected chi connectivity index (χ1v) is 9.76. The number of amides is 1. The highest BCUT2D eigenvalue weighted by Gasteiger charge is 2.22. The molecule has 144 valence electrons. The number of pyridine rings is 1. The highest BCUT2D eigenvalue weighted by Crippen LogP contribution is 2.30. The molecule has 0 spiro atoms. The molecule has 1 aromatic heterocycles. The topological polar surface area (TPSA) is 51.2 Å². The van der Waals surface area contributed by atoms with Crippen molar-refractivity contribution in [1.82, 2.24) is 4.98 Å². The number of halogens is 2. The van der Waals surface area contributed by atoms with Crippen LogP contribution in [0.2, 0.25) is 0 Å². The van der Waals surface area contributed by atoms with Crippen LogP contribution in [0.3, 0.4) is 0 Å². The number of aryl methyl sites for hydroxylation is 1. The smallest absolute Gasteiger partial charge is 0.258 e. The zero-order valence-electron chi connectivity index (χ0n) is 15.5. The summed E-state index contributed by atoms with van der Waals surface area (Å²) in [6.45, 7) is 2.47. The first kappa shape index (κ1) is 18.7. The van der Waals surface area contributed by atoms with Gasteiger partial charge in [-0.3, -0.25) is 9.78 Å².